The fourth-order valence-corrected chi connectivity index (χ4v) is 4.06. The topological polar surface area (TPSA) is 61.3 Å². The third-order valence-electron chi connectivity index (χ3n) is 5.13. The number of halogens is 1. The van der Waals surface area contributed by atoms with Crippen molar-refractivity contribution in [3.05, 3.63) is 64.3 Å². The maximum atomic E-state index is 13.0. The molecule has 0 saturated carbocycles. The first kappa shape index (κ1) is 20.7. The number of ether oxygens (including phenoxy) is 2. The fraction of sp³-hybridized carbons (Fsp3) is 0.292. The Morgan fingerprint density at radius 3 is 2.73 bits per heavy atom. The van der Waals surface area contributed by atoms with E-state index in [4.69, 9.17) is 9.47 Å². The van der Waals surface area contributed by atoms with Crippen LogP contribution in [0.25, 0.3) is 16.6 Å². The van der Waals surface area contributed by atoms with E-state index in [1.54, 1.807) is 6.20 Å². The van der Waals surface area contributed by atoms with Crippen molar-refractivity contribution in [2.45, 2.75) is 45.8 Å². The number of fused-ring (bicyclic) bond motifs is 1. The van der Waals surface area contributed by atoms with E-state index in [1.807, 2.05) is 63.2 Å². The Morgan fingerprint density at radius 1 is 1.17 bits per heavy atom. The molecular formula is C24H23BrN2O3. The minimum absolute atomic E-state index is 0.0252. The van der Waals surface area contributed by atoms with E-state index >= 15 is 0 Å². The minimum atomic E-state index is -0.859. The summed E-state index contributed by atoms with van der Waals surface area (Å²) in [5.41, 5.74) is 3.31. The highest BCUT2D eigenvalue weighted by Crippen LogP contribution is 2.35. The van der Waals surface area contributed by atoms with Crippen molar-refractivity contribution in [2.24, 2.45) is 0 Å². The third-order valence-corrected chi connectivity index (χ3v) is 5.62. The van der Waals surface area contributed by atoms with Gasteiger partial charge in [0.15, 0.2) is 5.78 Å². The van der Waals surface area contributed by atoms with Crippen LogP contribution in [0.2, 0.25) is 0 Å². The van der Waals surface area contributed by atoms with Crippen molar-refractivity contribution in [3.8, 4) is 11.6 Å². The van der Waals surface area contributed by atoms with Gasteiger partial charge in [-0.2, -0.15) is 0 Å². The van der Waals surface area contributed by atoms with Crippen LogP contribution in [0, 0.1) is 0 Å². The molecule has 1 atom stereocenters. The van der Waals surface area contributed by atoms with E-state index in [1.165, 1.54) is 0 Å². The van der Waals surface area contributed by atoms with Gasteiger partial charge in [-0.3, -0.25) is 4.79 Å². The summed E-state index contributed by atoms with van der Waals surface area (Å²) in [7, 11) is 0. The Labute approximate surface area is 184 Å². The Kier molecular flexibility index (Phi) is 5.47. The van der Waals surface area contributed by atoms with Crippen LogP contribution in [0.4, 0.5) is 0 Å². The molecule has 30 heavy (non-hydrogen) atoms. The van der Waals surface area contributed by atoms with E-state index in [0.29, 0.717) is 17.2 Å². The minimum Gasteiger partial charge on any atom is -0.437 e. The number of hydrogen-bond donors (Lipinski definition) is 0. The molecule has 0 radical (unpaired) electrons. The van der Waals surface area contributed by atoms with Gasteiger partial charge in [0.2, 0.25) is 5.88 Å². The van der Waals surface area contributed by atoms with Gasteiger partial charge in [0.25, 0.3) is 0 Å². The number of carbonyl (C=O) groups excluding carboxylic acids is 1. The second kappa shape index (κ2) is 7.93. The molecule has 6 heteroatoms. The summed E-state index contributed by atoms with van der Waals surface area (Å²) in [4.78, 5) is 22.0. The van der Waals surface area contributed by atoms with Gasteiger partial charge in [-0.05, 0) is 74.7 Å². The lowest BCUT2D eigenvalue weighted by atomic mass is 9.85. The van der Waals surface area contributed by atoms with Gasteiger partial charge in [-0.15, -0.1) is 0 Å². The largest absolute Gasteiger partial charge is 0.437 e. The first-order valence-electron chi connectivity index (χ1n) is 9.94. The molecule has 0 saturated heterocycles. The molecular weight excluding hydrogens is 444 g/mol. The molecule has 1 unspecified atom stereocenters. The van der Waals surface area contributed by atoms with Crippen LogP contribution in [0.5, 0.6) is 11.6 Å². The zero-order chi connectivity index (χ0) is 21.5. The van der Waals surface area contributed by atoms with E-state index < -0.39 is 5.60 Å². The number of ketones is 1. The smallest absolute Gasteiger partial charge is 0.238 e. The number of hydrogen-bond acceptors (Lipinski definition) is 5. The summed E-state index contributed by atoms with van der Waals surface area (Å²) < 4.78 is 12.7. The molecule has 0 spiro atoms. The van der Waals surface area contributed by atoms with Crippen LogP contribution in [0.3, 0.4) is 0 Å². The van der Waals surface area contributed by atoms with E-state index in [0.717, 1.165) is 33.1 Å². The first-order chi connectivity index (χ1) is 14.3. The van der Waals surface area contributed by atoms with Gasteiger partial charge in [0.1, 0.15) is 11.4 Å². The highest BCUT2D eigenvalue weighted by molar-refractivity contribution is 9.10. The maximum absolute atomic E-state index is 13.0. The van der Waals surface area contributed by atoms with E-state index in [9.17, 15) is 4.79 Å². The summed E-state index contributed by atoms with van der Waals surface area (Å²) in [6, 6.07) is 11.5. The van der Waals surface area contributed by atoms with Crippen LogP contribution in [0.1, 0.15) is 38.8 Å². The van der Waals surface area contributed by atoms with Crippen molar-refractivity contribution in [3.63, 3.8) is 0 Å². The van der Waals surface area contributed by atoms with E-state index in [2.05, 4.69) is 32.8 Å². The van der Waals surface area contributed by atoms with Gasteiger partial charge in [-0.25, -0.2) is 9.97 Å². The highest BCUT2D eigenvalue weighted by atomic mass is 79.9. The number of rotatable bonds is 4. The summed E-state index contributed by atoms with van der Waals surface area (Å²) in [6.07, 6.45) is 4.15. The zero-order valence-corrected chi connectivity index (χ0v) is 19.0. The number of aromatic nitrogens is 2. The molecule has 2 aromatic carbocycles. The molecule has 4 rings (SSSR count). The van der Waals surface area contributed by atoms with Gasteiger partial charge in [0, 0.05) is 10.0 Å². The molecule has 0 aliphatic carbocycles. The average Bonchev–Trinajstić information content (AvgIpc) is 2.70. The summed E-state index contributed by atoms with van der Waals surface area (Å²) in [5, 5.41) is 0. The van der Waals surface area contributed by atoms with Gasteiger partial charge < -0.3 is 9.47 Å². The summed E-state index contributed by atoms with van der Waals surface area (Å²) >= 11 is 3.46. The molecule has 0 fully saturated rings. The number of nitrogens with zero attached hydrogens (tertiary/aromatic N) is 2. The summed E-state index contributed by atoms with van der Waals surface area (Å²) in [5.74, 6) is 0.982. The first-order valence-corrected chi connectivity index (χ1v) is 10.7. The Morgan fingerprint density at radius 2 is 1.97 bits per heavy atom. The molecule has 1 aromatic heterocycles. The molecule has 1 aliphatic rings. The monoisotopic (exact) mass is 466 g/mol. The molecule has 154 valence electrons. The number of Topliss-reactive ketones (excluding diaryl/α,β-unsaturated/α-hetero) is 1. The molecule has 3 aromatic rings. The van der Waals surface area contributed by atoms with Crippen molar-refractivity contribution >= 4 is 38.3 Å². The van der Waals surface area contributed by atoms with Crippen molar-refractivity contribution in [2.75, 3.05) is 0 Å². The standard InChI is InChI=1S/C24H23BrN2O3/c1-5-15-6-8-17(12-18(15)19-10-14(2)30-24(3,4)23(19)28)29-22-13-26-20-9-7-16(25)11-21(20)27-22/h6-14H,5H2,1-4H3. The van der Waals surface area contributed by atoms with Crippen LogP contribution in [-0.2, 0) is 16.0 Å². The van der Waals surface area contributed by atoms with Crippen LogP contribution in [0.15, 0.2) is 53.1 Å². The van der Waals surface area contributed by atoms with Crippen molar-refractivity contribution in [1.82, 2.24) is 9.97 Å². The number of carbonyl (C=O) groups is 1. The van der Waals surface area contributed by atoms with Gasteiger partial charge in [-0.1, -0.05) is 28.9 Å². The molecule has 2 heterocycles. The Balaban J connectivity index is 1.72. The van der Waals surface area contributed by atoms with Crippen molar-refractivity contribution < 1.29 is 14.3 Å². The second-order valence-electron chi connectivity index (χ2n) is 7.86. The van der Waals surface area contributed by atoms with Crippen LogP contribution in [-0.4, -0.2) is 27.5 Å². The predicted octanol–water partition coefficient (Wildman–Crippen LogP) is 5.90. The van der Waals surface area contributed by atoms with Crippen LogP contribution >= 0.6 is 15.9 Å². The van der Waals surface area contributed by atoms with Gasteiger partial charge >= 0.3 is 0 Å². The van der Waals surface area contributed by atoms with Crippen LogP contribution < -0.4 is 4.74 Å². The number of aryl methyl sites for hydroxylation is 1. The Bertz CT molecular complexity index is 1170. The number of benzene rings is 2. The second-order valence-corrected chi connectivity index (χ2v) is 8.77. The summed E-state index contributed by atoms with van der Waals surface area (Å²) in [6.45, 7) is 7.65. The zero-order valence-electron chi connectivity index (χ0n) is 17.4. The molecule has 0 bridgehead atoms. The lowest BCUT2D eigenvalue weighted by Gasteiger charge is -2.33. The van der Waals surface area contributed by atoms with Crippen molar-refractivity contribution in [1.29, 1.82) is 0 Å². The lowest BCUT2D eigenvalue weighted by Crippen LogP contribution is -2.41. The third kappa shape index (κ3) is 4.02. The predicted molar refractivity (Wildman–Crippen MR) is 121 cm³/mol. The highest BCUT2D eigenvalue weighted by Gasteiger charge is 2.37. The molecule has 1 aliphatic heterocycles. The molecule has 0 N–H and O–H groups in total. The quantitative estimate of drug-likeness (QED) is 0.479. The fourth-order valence-electron chi connectivity index (χ4n) is 3.71. The van der Waals surface area contributed by atoms with Gasteiger partial charge in [0.05, 0.1) is 23.3 Å². The Hall–Kier alpha value is -2.57. The van der Waals surface area contributed by atoms with E-state index in [-0.39, 0.29) is 11.9 Å². The normalized spacial score (nSPS) is 18.4. The lowest BCUT2D eigenvalue weighted by molar-refractivity contribution is -0.139. The molecule has 0 amide bonds. The molecule has 5 nitrogen and oxygen atoms in total. The SMILES string of the molecule is CCc1ccc(Oc2cnc3ccc(Br)cc3n2)cc1C1=CC(C)OC(C)(C)C1=O. The average molecular weight is 467 g/mol. The maximum Gasteiger partial charge on any atom is 0.238 e.